The van der Waals surface area contributed by atoms with E-state index in [0.29, 0.717) is 29.7 Å². The van der Waals surface area contributed by atoms with Crippen LogP contribution in [0.15, 0.2) is 108 Å². The lowest BCUT2D eigenvalue weighted by Gasteiger charge is -2.36. The number of dihydropyridines is 1. The Morgan fingerprint density at radius 1 is 0.971 bits per heavy atom. The number of ether oxygens (including phenoxy) is 1. The maximum absolute atomic E-state index is 13.6. The molecule has 0 bridgehead atoms. The molecular weight excluding hydrogens is 424 g/mol. The number of nitrogens with one attached hydrogen (secondary N) is 1. The summed E-state index contributed by atoms with van der Waals surface area (Å²) in [6, 6.07) is 23.5. The molecule has 0 spiro atoms. The van der Waals surface area contributed by atoms with Crippen LogP contribution in [0.4, 0.5) is 0 Å². The zero-order valence-electron chi connectivity index (χ0n) is 19.0. The third-order valence-electron chi connectivity index (χ3n) is 6.55. The minimum atomic E-state index is -0.502. The number of hydrogen-bond donors (Lipinski definition) is 1. The van der Waals surface area contributed by atoms with Crippen LogP contribution in [-0.2, 0) is 20.9 Å². The summed E-state index contributed by atoms with van der Waals surface area (Å²) in [7, 11) is 0. The summed E-state index contributed by atoms with van der Waals surface area (Å²) in [6.45, 7) is 2.05. The third kappa shape index (κ3) is 4.29. The number of carbonyl (C=O) groups excluding carboxylic acids is 2. The van der Waals surface area contributed by atoms with E-state index in [2.05, 4.69) is 22.4 Å². The summed E-state index contributed by atoms with van der Waals surface area (Å²) in [5.74, 6) is -0.768. The van der Waals surface area contributed by atoms with Crippen LogP contribution in [0, 0.1) is 0 Å². The minimum Gasteiger partial charge on any atom is -0.457 e. The summed E-state index contributed by atoms with van der Waals surface area (Å²) in [6.07, 6.45) is 4.55. The number of carbonyl (C=O) groups is 2. The summed E-state index contributed by atoms with van der Waals surface area (Å²) < 4.78 is 5.70. The smallest absolute Gasteiger partial charge is 0.337 e. The summed E-state index contributed by atoms with van der Waals surface area (Å²) in [4.78, 5) is 31.2. The molecule has 34 heavy (non-hydrogen) atoms. The Labute approximate surface area is 199 Å². The Morgan fingerprint density at radius 2 is 1.68 bits per heavy atom. The summed E-state index contributed by atoms with van der Waals surface area (Å²) in [5, 5.41) is 3.39. The van der Waals surface area contributed by atoms with Gasteiger partial charge in [-0.25, -0.2) is 4.79 Å². The molecule has 3 aromatic rings. The molecule has 2 aromatic carbocycles. The minimum absolute atomic E-state index is 0.0531. The van der Waals surface area contributed by atoms with E-state index in [4.69, 9.17) is 4.74 Å². The van der Waals surface area contributed by atoms with Gasteiger partial charge in [-0.3, -0.25) is 9.78 Å². The molecule has 5 rings (SSSR count). The summed E-state index contributed by atoms with van der Waals surface area (Å²) >= 11 is 0. The first kappa shape index (κ1) is 21.8. The van der Waals surface area contributed by atoms with Gasteiger partial charge in [-0.2, -0.15) is 0 Å². The van der Waals surface area contributed by atoms with Crippen LogP contribution in [0.1, 0.15) is 48.3 Å². The van der Waals surface area contributed by atoms with Gasteiger partial charge in [0, 0.05) is 41.7 Å². The van der Waals surface area contributed by atoms with E-state index in [1.807, 2.05) is 67.6 Å². The van der Waals surface area contributed by atoms with Gasteiger partial charge in [0.1, 0.15) is 6.61 Å². The molecule has 2 atom stereocenters. The topological polar surface area (TPSA) is 68.3 Å². The first-order valence-corrected chi connectivity index (χ1v) is 11.5. The highest BCUT2D eigenvalue weighted by molar-refractivity contribution is 6.04. The number of nitrogens with zero attached hydrogens (tertiary/aromatic N) is 1. The van der Waals surface area contributed by atoms with Crippen molar-refractivity contribution < 1.29 is 14.3 Å². The highest BCUT2D eigenvalue weighted by Crippen LogP contribution is 2.45. The van der Waals surface area contributed by atoms with E-state index in [9.17, 15) is 9.59 Å². The molecule has 1 aliphatic carbocycles. The molecule has 170 valence electrons. The molecule has 2 aliphatic rings. The molecule has 1 aromatic heterocycles. The second kappa shape index (κ2) is 9.48. The van der Waals surface area contributed by atoms with Gasteiger partial charge in [0.25, 0.3) is 0 Å². The average Bonchev–Trinajstić information content (AvgIpc) is 2.88. The maximum Gasteiger partial charge on any atom is 0.337 e. The number of ketones is 1. The summed E-state index contributed by atoms with van der Waals surface area (Å²) in [5.41, 5.74) is 5.59. The van der Waals surface area contributed by atoms with Crippen molar-refractivity contribution in [3.63, 3.8) is 0 Å². The second-order valence-corrected chi connectivity index (χ2v) is 8.78. The highest BCUT2D eigenvalue weighted by atomic mass is 16.5. The Balaban J connectivity index is 1.50. The van der Waals surface area contributed by atoms with E-state index >= 15 is 0 Å². The number of allylic oxidation sites excluding steroid dienone is 3. The predicted octanol–water partition coefficient (Wildman–Crippen LogP) is 5.19. The number of Topliss-reactive ketones (excluding diaryl/α,β-unsaturated/α-hetero) is 1. The number of hydrogen-bond acceptors (Lipinski definition) is 5. The van der Waals surface area contributed by atoms with E-state index in [1.165, 1.54) is 0 Å². The van der Waals surface area contributed by atoms with E-state index in [0.717, 1.165) is 22.4 Å². The van der Waals surface area contributed by atoms with Crippen LogP contribution in [0.3, 0.4) is 0 Å². The van der Waals surface area contributed by atoms with E-state index in [1.54, 1.807) is 12.4 Å². The van der Waals surface area contributed by atoms with Gasteiger partial charge in [0.05, 0.1) is 5.57 Å². The van der Waals surface area contributed by atoms with Gasteiger partial charge in [-0.15, -0.1) is 0 Å². The monoisotopic (exact) mass is 450 g/mol. The average molecular weight is 451 g/mol. The molecule has 5 nitrogen and oxygen atoms in total. The quantitative estimate of drug-likeness (QED) is 0.542. The SMILES string of the molecule is CC1=C(C(=O)OCc2ccccc2)[C@@H](c2cccnc2)C2=C(C[C@H](c3ccccc3)CC2=O)N1. The third-order valence-corrected chi connectivity index (χ3v) is 6.55. The molecule has 5 heteroatoms. The maximum atomic E-state index is 13.6. The number of aromatic nitrogens is 1. The van der Waals surface area contributed by atoms with Crippen LogP contribution < -0.4 is 5.32 Å². The van der Waals surface area contributed by atoms with Crippen molar-refractivity contribution in [1.29, 1.82) is 0 Å². The first-order chi connectivity index (χ1) is 16.6. The van der Waals surface area contributed by atoms with Gasteiger partial charge in [-0.05, 0) is 42.0 Å². The van der Waals surface area contributed by atoms with E-state index in [-0.39, 0.29) is 18.3 Å². The predicted molar refractivity (Wildman–Crippen MR) is 130 cm³/mol. The lowest BCUT2D eigenvalue weighted by Crippen LogP contribution is -2.36. The normalized spacial score (nSPS) is 20.0. The number of pyridine rings is 1. The Hall–Kier alpha value is -3.99. The molecule has 0 saturated carbocycles. The van der Waals surface area contributed by atoms with Crippen molar-refractivity contribution in [1.82, 2.24) is 10.3 Å². The van der Waals surface area contributed by atoms with Crippen LogP contribution in [0.5, 0.6) is 0 Å². The van der Waals surface area contributed by atoms with Crippen LogP contribution in [-0.4, -0.2) is 16.7 Å². The van der Waals surface area contributed by atoms with Crippen molar-refractivity contribution in [2.45, 2.75) is 38.2 Å². The highest BCUT2D eigenvalue weighted by Gasteiger charge is 2.41. The first-order valence-electron chi connectivity index (χ1n) is 11.5. The lowest BCUT2D eigenvalue weighted by molar-refractivity contribution is -0.140. The molecule has 0 unspecified atom stereocenters. The molecule has 1 aliphatic heterocycles. The second-order valence-electron chi connectivity index (χ2n) is 8.78. The van der Waals surface area contributed by atoms with E-state index < -0.39 is 11.9 Å². The van der Waals surface area contributed by atoms with Crippen molar-refractivity contribution in [3.05, 3.63) is 124 Å². The molecule has 1 N–H and O–H groups in total. The fourth-order valence-corrected chi connectivity index (χ4v) is 4.95. The van der Waals surface area contributed by atoms with Gasteiger partial charge < -0.3 is 10.1 Å². The molecule has 0 fully saturated rings. The zero-order valence-corrected chi connectivity index (χ0v) is 19.0. The van der Waals surface area contributed by atoms with Gasteiger partial charge in [0.2, 0.25) is 0 Å². The zero-order chi connectivity index (χ0) is 23.5. The Bertz CT molecular complexity index is 1260. The van der Waals surface area contributed by atoms with Gasteiger partial charge in [-0.1, -0.05) is 66.7 Å². The van der Waals surface area contributed by atoms with Crippen LogP contribution >= 0.6 is 0 Å². The standard InChI is InChI=1S/C29H26N2O3/c1-19-26(29(33)34-18-20-9-4-2-5-10-20)27(22-13-8-14-30-17-22)28-24(31-19)15-23(16-25(28)32)21-11-6-3-7-12-21/h2-14,17,23,27,31H,15-16,18H2,1H3/t23-,27+/m0/s1. The van der Waals surface area contributed by atoms with Crippen LogP contribution in [0.2, 0.25) is 0 Å². The van der Waals surface area contributed by atoms with Crippen molar-refractivity contribution in [2.24, 2.45) is 0 Å². The molecular formula is C29H26N2O3. The van der Waals surface area contributed by atoms with Gasteiger partial charge in [0.15, 0.2) is 5.78 Å². The largest absolute Gasteiger partial charge is 0.457 e. The van der Waals surface area contributed by atoms with Crippen molar-refractivity contribution in [3.8, 4) is 0 Å². The van der Waals surface area contributed by atoms with Crippen LogP contribution in [0.25, 0.3) is 0 Å². The molecule has 0 radical (unpaired) electrons. The van der Waals surface area contributed by atoms with Crippen molar-refractivity contribution in [2.75, 3.05) is 0 Å². The fourth-order valence-electron chi connectivity index (χ4n) is 4.95. The molecule has 2 heterocycles. The Morgan fingerprint density at radius 3 is 2.38 bits per heavy atom. The van der Waals surface area contributed by atoms with Gasteiger partial charge >= 0.3 is 5.97 Å². The number of benzene rings is 2. The Kier molecular flexibility index (Phi) is 6.09. The number of rotatable bonds is 5. The molecule has 0 amide bonds. The number of esters is 1. The van der Waals surface area contributed by atoms with Crippen molar-refractivity contribution >= 4 is 11.8 Å². The molecule has 0 saturated heterocycles. The fraction of sp³-hybridized carbons (Fsp3) is 0.207. The lowest BCUT2D eigenvalue weighted by atomic mass is 9.72.